The first-order valence-electron chi connectivity index (χ1n) is 22.4. The van der Waals surface area contributed by atoms with Gasteiger partial charge in [0.05, 0.1) is 34.4 Å². The van der Waals surface area contributed by atoms with Gasteiger partial charge in [-0.1, -0.05) is 170 Å². The van der Waals surface area contributed by atoms with Crippen LogP contribution in [0.1, 0.15) is 0 Å². The third-order valence-corrected chi connectivity index (χ3v) is 19.9. The first-order valence-corrected chi connectivity index (χ1v) is 29.3. The van der Waals surface area contributed by atoms with E-state index in [-0.39, 0.29) is 0 Å². The molecule has 0 aromatic heterocycles. The van der Waals surface area contributed by atoms with E-state index in [9.17, 15) is 17.3 Å². The largest absolute Gasteiger partial charge is 0.674 e. The molecule has 10 aromatic rings. The number of benzene rings is 10. The van der Waals surface area contributed by atoms with E-state index < -0.39 is 31.0 Å². The molecule has 0 unspecified atom stereocenters. The maximum Gasteiger partial charge on any atom is 0.111 e. The Balaban J connectivity index is 0.000000253. The first-order chi connectivity index (χ1) is 33.8. The Labute approximate surface area is 420 Å². The van der Waals surface area contributed by atoms with E-state index in [0.717, 1.165) is 6.16 Å². The monoisotopic (exact) mass is 1080 g/mol. The SMILES string of the molecule is F[B-](F)(F)F.[Cl][Ru+2].[NH-]CC[PH+](c1ccccc1)c1ccccc1.c1ccc([PH+](c2ccccc2)c2ccc3ccccc3c2-c2c([PH+](c3ccccc3)c3ccccc3)ccc3ccccc23)cc1. The predicted molar refractivity (Wildman–Crippen MR) is 298 cm³/mol. The summed E-state index contributed by atoms with van der Waals surface area (Å²) in [6.45, 7) is 0.512. The second-order valence-corrected chi connectivity index (χ2v) is 23.3. The Morgan fingerprint density at radius 2 is 0.594 bits per heavy atom. The van der Waals surface area contributed by atoms with E-state index >= 15 is 0 Å². The Hall–Kier alpha value is -5.33. The van der Waals surface area contributed by atoms with Crippen LogP contribution in [0.5, 0.6) is 0 Å². The van der Waals surface area contributed by atoms with E-state index in [2.05, 4.69) is 264 Å². The predicted octanol–water partition coefficient (Wildman–Crippen LogP) is 13.5. The fourth-order valence-electron chi connectivity index (χ4n) is 8.73. The average Bonchev–Trinajstić information content (AvgIpc) is 3.40. The van der Waals surface area contributed by atoms with Crippen LogP contribution in [-0.4, -0.2) is 20.0 Å². The molecule has 0 atom stereocenters. The molecular weight excluding hydrogens is 1030 g/mol. The van der Waals surface area contributed by atoms with Crippen molar-refractivity contribution < 1.29 is 34.6 Å². The van der Waals surface area contributed by atoms with Gasteiger partial charge in [0, 0.05) is 17.3 Å². The van der Waals surface area contributed by atoms with Crippen molar-refractivity contribution in [1.82, 2.24) is 0 Å². The maximum atomic E-state index is 9.75. The topological polar surface area (TPSA) is 23.8 Å². The number of rotatable bonds is 11. The number of nitrogens with one attached hydrogen (secondary N) is 1. The van der Waals surface area contributed by atoms with Gasteiger partial charge in [0.1, 0.15) is 31.8 Å². The normalized spacial score (nSPS) is 11.0. The molecule has 0 aliphatic rings. The van der Waals surface area contributed by atoms with Gasteiger partial charge in [-0.05, 0) is 106 Å². The van der Waals surface area contributed by atoms with Gasteiger partial charge >= 0.3 is 34.3 Å². The van der Waals surface area contributed by atoms with Crippen LogP contribution in [0.2, 0.25) is 0 Å². The van der Waals surface area contributed by atoms with E-state index in [1.54, 1.807) is 0 Å². The van der Waals surface area contributed by atoms with Crippen molar-refractivity contribution in [3.8, 4) is 11.1 Å². The minimum atomic E-state index is -6.00. The van der Waals surface area contributed by atoms with Gasteiger partial charge in [0.25, 0.3) is 0 Å². The first kappa shape index (κ1) is 51.5. The molecule has 1 nitrogen and oxygen atoms in total. The quantitative estimate of drug-likeness (QED) is 0.0700. The van der Waals surface area contributed by atoms with E-state index in [4.69, 9.17) is 5.73 Å². The smallest absolute Gasteiger partial charge is 0.111 e. The molecular formula is C58H50BClF4NP3Ru+3. The van der Waals surface area contributed by atoms with Crippen molar-refractivity contribution in [2.45, 2.75) is 0 Å². The Morgan fingerprint density at radius 1 is 0.348 bits per heavy atom. The maximum absolute atomic E-state index is 9.75. The number of hydrogen-bond donors (Lipinski definition) is 0. The zero-order chi connectivity index (χ0) is 48.4. The van der Waals surface area contributed by atoms with Gasteiger partial charge in [-0.25, -0.2) is 0 Å². The van der Waals surface area contributed by atoms with Crippen LogP contribution in [0.3, 0.4) is 0 Å². The molecule has 345 valence electrons. The van der Waals surface area contributed by atoms with Crippen molar-refractivity contribution in [3.05, 3.63) is 261 Å². The molecule has 1 N–H and O–H groups in total. The van der Waals surface area contributed by atoms with Crippen LogP contribution >= 0.6 is 33.5 Å². The summed E-state index contributed by atoms with van der Waals surface area (Å²) in [5, 5.41) is 16.4. The molecule has 0 fully saturated rings. The molecule has 0 aliphatic heterocycles. The third kappa shape index (κ3) is 13.7. The van der Waals surface area contributed by atoms with Gasteiger partial charge in [-0.2, -0.15) is 0 Å². The summed E-state index contributed by atoms with van der Waals surface area (Å²) >= 11 is 1.82. The molecule has 0 radical (unpaired) electrons. The molecule has 0 aliphatic carbocycles. The number of fused-ring (bicyclic) bond motifs is 2. The molecule has 0 saturated heterocycles. The molecule has 0 saturated carbocycles. The Kier molecular flexibility index (Phi) is 19.4. The number of halogens is 5. The molecule has 10 aromatic carbocycles. The zero-order valence-electron chi connectivity index (χ0n) is 37.5. The summed E-state index contributed by atoms with van der Waals surface area (Å²) in [6.07, 6.45) is 0.985. The molecule has 11 heteroatoms. The molecule has 10 rings (SSSR count). The third-order valence-electron chi connectivity index (χ3n) is 11.5. The summed E-state index contributed by atoms with van der Waals surface area (Å²) in [6, 6.07) is 93.4. The van der Waals surface area contributed by atoms with Crippen LogP contribution in [0, 0.1) is 0 Å². The standard InChI is InChI=1S/C44H32P2.C14H15NP.BF4.ClH.Ru/c1-5-19-35(20-6-1)45(36-21-7-2-8-22-36)41-31-29-33-17-13-15-27-39(33)43(41)44-40-28-16-14-18-34(40)30-32-42(44)46(37-23-9-3-10-24-37)38-25-11-4-12-26-38;15-11-12-16(13-7-3-1-4-8-13)14-9-5-2-6-10-14;2-1(3,4)5;;/h1-32H;1-10,15H,11-12H2;;1H;/q;2*-1;;+3/p+2. The Bertz CT molecular complexity index is 2820. The van der Waals surface area contributed by atoms with Crippen LogP contribution in [0.25, 0.3) is 38.4 Å². The molecule has 69 heavy (non-hydrogen) atoms. The van der Waals surface area contributed by atoms with Crippen molar-refractivity contribution in [2.75, 3.05) is 12.7 Å². The van der Waals surface area contributed by atoms with Gasteiger partial charge < -0.3 is 23.0 Å². The van der Waals surface area contributed by atoms with Crippen LogP contribution in [-0.2, 0) is 17.3 Å². The summed E-state index contributed by atoms with van der Waals surface area (Å²) in [4.78, 5) is 0. The van der Waals surface area contributed by atoms with Gasteiger partial charge in [0.15, 0.2) is 0 Å². The van der Waals surface area contributed by atoms with Crippen molar-refractivity contribution in [1.29, 1.82) is 0 Å². The second kappa shape index (κ2) is 26.0. The van der Waals surface area contributed by atoms with Crippen LogP contribution in [0.4, 0.5) is 17.3 Å². The second-order valence-electron chi connectivity index (χ2n) is 15.8. The minimum absolute atomic E-state index is 0.512. The van der Waals surface area contributed by atoms with Crippen molar-refractivity contribution >= 4 is 105 Å². The average molecular weight is 1080 g/mol. The van der Waals surface area contributed by atoms with Crippen molar-refractivity contribution in [3.63, 3.8) is 0 Å². The molecule has 0 bridgehead atoms. The molecule has 0 heterocycles. The van der Waals surface area contributed by atoms with Gasteiger partial charge in [-0.15, -0.1) is 6.54 Å². The number of hydrogen-bond acceptors (Lipinski definition) is 0. The zero-order valence-corrected chi connectivity index (χ0v) is 43.0. The van der Waals surface area contributed by atoms with E-state index in [1.807, 2.05) is 17.3 Å². The minimum Gasteiger partial charge on any atom is -0.674 e. The van der Waals surface area contributed by atoms with Gasteiger partial charge in [-0.3, -0.25) is 0 Å². The summed E-state index contributed by atoms with van der Waals surface area (Å²) in [7, 11) is -4.91. The van der Waals surface area contributed by atoms with Crippen LogP contribution < -0.4 is 42.4 Å². The summed E-state index contributed by atoms with van der Waals surface area (Å²) in [5.41, 5.74) is 10.2. The van der Waals surface area contributed by atoms with E-state index in [0.29, 0.717) is 6.54 Å². The van der Waals surface area contributed by atoms with Crippen LogP contribution in [0.15, 0.2) is 255 Å². The summed E-state index contributed by atoms with van der Waals surface area (Å²) < 4.78 is 39.0. The van der Waals surface area contributed by atoms with Gasteiger partial charge in [0.2, 0.25) is 0 Å². The van der Waals surface area contributed by atoms with Crippen molar-refractivity contribution in [2.24, 2.45) is 0 Å². The fraction of sp³-hybridized carbons (Fsp3) is 0.0345. The fourth-order valence-corrected chi connectivity index (χ4v) is 16.6. The van der Waals surface area contributed by atoms with E-state index in [1.165, 1.54) is 75.1 Å². The molecule has 0 spiro atoms. The Morgan fingerprint density at radius 3 is 0.870 bits per heavy atom. The molecule has 0 amide bonds. The summed E-state index contributed by atoms with van der Waals surface area (Å²) in [5.74, 6) is 0.